The van der Waals surface area contributed by atoms with E-state index in [-0.39, 0.29) is 24.0 Å². The second kappa shape index (κ2) is 7.93. The number of ether oxygens (including phenoxy) is 1. The van der Waals surface area contributed by atoms with Crippen molar-refractivity contribution in [3.05, 3.63) is 64.6 Å². The summed E-state index contributed by atoms with van der Waals surface area (Å²) in [6, 6.07) is 10.8. The van der Waals surface area contributed by atoms with Gasteiger partial charge in [0, 0.05) is 31.1 Å². The van der Waals surface area contributed by atoms with Crippen molar-refractivity contribution >= 4 is 33.4 Å². The van der Waals surface area contributed by atoms with E-state index in [1.54, 1.807) is 16.2 Å². The smallest absolute Gasteiger partial charge is 0.339 e. The van der Waals surface area contributed by atoms with Crippen molar-refractivity contribution in [2.24, 2.45) is 0 Å². The molecule has 1 atom stereocenters. The second-order valence-electron chi connectivity index (χ2n) is 6.72. The van der Waals surface area contributed by atoms with E-state index in [1.807, 2.05) is 18.2 Å². The van der Waals surface area contributed by atoms with E-state index in [1.165, 1.54) is 24.5 Å². The molecule has 2 aromatic heterocycles. The molecule has 28 heavy (non-hydrogen) atoms. The van der Waals surface area contributed by atoms with E-state index in [9.17, 15) is 14.8 Å². The number of para-hydroxylation sites is 1. The Balaban J connectivity index is 1.36. The molecule has 0 aliphatic carbocycles. The normalized spacial score (nSPS) is 16.9. The van der Waals surface area contributed by atoms with Gasteiger partial charge in [-0.25, -0.2) is 9.78 Å². The van der Waals surface area contributed by atoms with Crippen molar-refractivity contribution in [3.8, 4) is 0 Å². The molecule has 1 aliphatic heterocycles. The lowest BCUT2D eigenvalue weighted by Crippen LogP contribution is -2.41. The number of piperidine rings is 1. The molecule has 144 valence electrons. The standard InChI is InChI=1S/C20H19N3O4S/c24-18(13-27-20(25)14-7-10-23(26)11-8-14)22-9-3-4-15(12-22)19-21-16-5-1-2-6-17(16)28-19/h1-2,5-8,10-11,15H,3-4,9,12-13H2/t15-/m0/s1. The summed E-state index contributed by atoms with van der Waals surface area (Å²) in [5, 5.41) is 12.1. The Morgan fingerprint density at radius 3 is 2.82 bits per heavy atom. The molecule has 1 saturated heterocycles. The number of esters is 1. The number of rotatable bonds is 4. The maximum absolute atomic E-state index is 12.5. The molecule has 0 bridgehead atoms. The number of carbonyl (C=O) groups is 2. The van der Waals surface area contributed by atoms with Crippen LogP contribution >= 0.6 is 11.3 Å². The van der Waals surface area contributed by atoms with E-state index in [0.29, 0.717) is 17.8 Å². The van der Waals surface area contributed by atoms with Gasteiger partial charge in [-0.1, -0.05) is 12.1 Å². The molecule has 3 heterocycles. The first kappa shape index (κ1) is 18.4. The highest BCUT2D eigenvalue weighted by Crippen LogP contribution is 2.32. The molecule has 4 rings (SSSR count). The highest BCUT2D eigenvalue weighted by molar-refractivity contribution is 7.18. The third kappa shape index (κ3) is 3.96. The molecule has 0 N–H and O–H groups in total. The Labute approximate surface area is 165 Å². The maximum atomic E-state index is 12.5. The number of likely N-dealkylation sites (tertiary alicyclic amines) is 1. The predicted octanol–water partition coefficient (Wildman–Crippen LogP) is 2.49. The maximum Gasteiger partial charge on any atom is 0.339 e. The Morgan fingerprint density at radius 1 is 1.25 bits per heavy atom. The fourth-order valence-electron chi connectivity index (χ4n) is 3.32. The molecule has 3 aromatic rings. The van der Waals surface area contributed by atoms with Crippen molar-refractivity contribution < 1.29 is 19.1 Å². The summed E-state index contributed by atoms with van der Waals surface area (Å²) in [5.41, 5.74) is 1.23. The van der Waals surface area contributed by atoms with Crippen LogP contribution in [0.2, 0.25) is 0 Å². The Hall–Kier alpha value is -3.00. The van der Waals surface area contributed by atoms with Gasteiger partial charge in [-0.05, 0) is 25.0 Å². The van der Waals surface area contributed by atoms with Crippen molar-refractivity contribution in [3.63, 3.8) is 0 Å². The lowest BCUT2D eigenvalue weighted by atomic mass is 9.99. The molecule has 7 nitrogen and oxygen atoms in total. The minimum atomic E-state index is -0.617. The molecule has 1 aromatic carbocycles. The van der Waals surface area contributed by atoms with Gasteiger partial charge in [0.05, 0.1) is 20.8 Å². The van der Waals surface area contributed by atoms with Crippen LogP contribution in [0.4, 0.5) is 0 Å². The summed E-state index contributed by atoms with van der Waals surface area (Å²) in [5.74, 6) is -0.630. The molecule has 8 heteroatoms. The Morgan fingerprint density at radius 2 is 2.04 bits per heavy atom. The number of carbonyl (C=O) groups excluding carboxylic acids is 2. The third-order valence-electron chi connectivity index (χ3n) is 4.80. The number of amides is 1. The van der Waals surface area contributed by atoms with Crippen LogP contribution in [0, 0.1) is 5.21 Å². The van der Waals surface area contributed by atoms with Crippen LogP contribution in [0.3, 0.4) is 0 Å². The quantitative estimate of drug-likeness (QED) is 0.384. The van der Waals surface area contributed by atoms with Crippen LogP contribution in [0.1, 0.15) is 34.1 Å². The summed E-state index contributed by atoms with van der Waals surface area (Å²) in [6.45, 7) is 0.925. The van der Waals surface area contributed by atoms with E-state index >= 15 is 0 Å². The topological polar surface area (TPSA) is 86.4 Å². The number of nitrogens with zero attached hydrogens (tertiary/aromatic N) is 3. The largest absolute Gasteiger partial charge is 0.619 e. The Kier molecular flexibility index (Phi) is 5.21. The number of hydrogen-bond acceptors (Lipinski definition) is 6. The first-order valence-electron chi connectivity index (χ1n) is 9.09. The summed E-state index contributed by atoms with van der Waals surface area (Å²) in [4.78, 5) is 31.0. The van der Waals surface area contributed by atoms with Gasteiger partial charge in [0.1, 0.15) is 0 Å². The zero-order chi connectivity index (χ0) is 19.5. The van der Waals surface area contributed by atoms with Crippen LogP contribution in [0.5, 0.6) is 0 Å². The van der Waals surface area contributed by atoms with E-state index in [4.69, 9.17) is 9.72 Å². The summed E-state index contributed by atoms with van der Waals surface area (Å²) in [6.07, 6.45) is 4.31. The summed E-state index contributed by atoms with van der Waals surface area (Å²) >= 11 is 1.67. The van der Waals surface area contributed by atoms with Gasteiger partial charge in [-0.2, -0.15) is 4.73 Å². The molecule has 1 fully saturated rings. The van der Waals surface area contributed by atoms with Gasteiger partial charge in [0.2, 0.25) is 0 Å². The highest BCUT2D eigenvalue weighted by Gasteiger charge is 2.27. The summed E-state index contributed by atoms with van der Waals surface area (Å²) < 4.78 is 6.85. The first-order valence-corrected chi connectivity index (χ1v) is 9.91. The first-order chi connectivity index (χ1) is 13.6. The van der Waals surface area contributed by atoms with E-state index in [2.05, 4.69) is 6.07 Å². The minimum Gasteiger partial charge on any atom is -0.619 e. The number of thiazole rings is 1. The molecular formula is C20H19N3O4S. The lowest BCUT2D eigenvalue weighted by Gasteiger charge is -2.31. The number of aromatic nitrogens is 2. The molecule has 0 radical (unpaired) electrons. The van der Waals surface area contributed by atoms with Crippen molar-refractivity contribution in [2.75, 3.05) is 19.7 Å². The molecule has 0 saturated carbocycles. The van der Waals surface area contributed by atoms with Crippen LogP contribution in [0.25, 0.3) is 10.2 Å². The number of fused-ring (bicyclic) bond motifs is 1. The van der Waals surface area contributed by atoms with Gasteiger partial charge >= 0.3 is 5.97 Å². The monoisotopic (exact) mass is 397 g/mol. The van der Waals surface area contributed by atoms with Crippen LogP contribution in [-0.2, 0) is 9.53 Å². The average Bonchev–Trinajstić information content (AvgIpc) is 3.17. The second-order valence-corrected chi connectivity index (χ2v) is 7.78. The minimum absolute atomic E-state index is 0.201. The number of hydrogen-bond donors (Lipinski definition) is 0. The van der Waals surface area contributed by atoms with Gasteiger partial charge in [0.25, 0.3) is 5.91 Å². The molecule has 1 aliphatic rings. The van der Waals surface area contributed by atoms with Crippen molar-refractivity contribution in [1.82, 2.24) is 9.88 Å². The molecule has 0 unspecified atom stereocenters. The molecule has 0 spiro atoms. The number of benzene rings is 1. The van der Waals surface area contributed by atoms with Gasteiger partial charge in [-0.3, -0.25) is 4.79 Å². The average molecular weight is 397 g/mol. The van der Waals surface area contributed by atoms with Gasteiger partial charge in [0.15, 0.2) is 19.0 Å². The van der Waals surface area contributed by atoms with Gasteiger partial charge < -0.3 is 14.8 Å². The number of pyridine rings is 1. The summed E-state index contributed by atoms with van der Waals surface area (Å²) in [7, 11) is 0. The van der Waals surface area contributed by atoms with Crippen molar-refractivity contribution in [2.45, 2.75) is 18.8 Å². The lowest BCUT2D eigenvalue weighted by molar-refractivity contribution is -0.605. The SMILES string of the molecule is O=C(OCC(=O)N1CCC[C@H](c2nc3ccccc3s2)C1)c1cc[n+]([O-])cc1. The van der Waals surface area contributed by atoms with Crippen LogP contribution < -0.4 is 4.73 Å². The zero-order valence-electron chi connectivity index (χ0n) is 15.1. The van der Waals surface area contributed by atoms with Gasteiger partial charge in [-0.15, -0.1) is 11.3 Å². The fourth-order valence-corrected chi connectivity index (χ4v) is 4.41. The Bertz CT molecular complexity index is 969. The molecule has 1 amide bonds. The zero-order valence-corrected chi connectivity index (χ0v) is 15.9. The third-order valence-corrected chi connectivity index (χ3v) is 6.00. The fraction of sp³-hybridized carbons (Fsp3) is 0.300. The van der Waals surface area contributed by atoms with Crippen molar-refractivity contribution in [1.29, 1.82) is 0 Å². The predicted molar refractivity (Wildman–Crippen MR) is 104 cm³/mol. The van der Waals surface area contributed by atoms with Crippen LogP contribution in [-0.4, -0.2) is 41.5 Å². The van der Waals surface area contributed by atoms with E-state index in [0.717, 1.165) is 28.1 Å². The van der Waals surface area contributed by atoms with Crippen LogP contribution in [0.15, 0.2) is 48.8 Å². The highest BCUT2D eigenvalue weighted by atomic mass is 32.1. The molecular weight excluding hydrogens is 378 g/mol. The van der Waals surface area contributed by atoms with E-state index < -0.39 is 5.97 Å².